The number of nitrogens with one attached hydrogen (secondary N) is 3. The predicted octanol–water partition coefficient (Wildman–Crippen LogP) is 4.77. The fourth-order valence-electron chi connectivity index (χ4n) is 3.96. The van der Waals surface area contributed by atoms with E-state index in [0.717, 1.165) is 11.3 Å². The first-order valence-corrected chi connectivity index (χ1v) is 12.3. The number of hydrazine groups is 1. The van der Waals surface area contributed by atoms with Crippen LogP contribution in [0.5, 0.6) is 11.5 Å². The molecule has 5 rings (SSSR count). The minimum absolute atomic E-state index is 0.301. The summed E-state index contributed by atoms with van der Waals surface area (Å²) in [5.41, 5.74) is 7.98. The lowest BCUT2D eigenvalue weighted by Gasteiger charge is -2.11. The first kappa shape index (κ1) is 26.0. The van der Waals surface area contributed by atoms with E-state index < -0.39 is 11.8 Å². The maximum atomic E-state index is 12.6. The number of methoxy groups -OCH3 is 2. The zero-order valence-corrected chi connectivity index (χ0v) is 21.8. The lowest BCUT2D eigenvalue weighted by molar-refractivity contribution is 0.0846. The SMILES string of the molecule is COc1ccc(C(=O)NNC(=O)c2ccc(Nc3nc(-c4ccccc4)n(-c4ccccc4)n3)cc2)cc1OC. The largest absolute Gasteiger partial charge is 0.493 e. The first-order valence-electron chi connectivity index (χ1n) is 12.3. The summed E-state index contributed by atoms with van der Waals surface area (Å²) >= 11 is 0. The Morgan fingerprint density at radius 1 is 0.700 bits per heavy atom. The molecule has 0 bridgehead atoms. The molecule has 40 heavy (non-hydrogen) atoms. The average Bonchev–Trinajstić information content (AvgIpc) is 3.44. The van der Waals surface area contributed by atoms with Crippen LogP contribution in [0.1, 0.15) is 20.7 Å². The van der Waals surface area contributed by atoms with Gasteiger partial charge >= 0.3 is 0 Å². The summed E-state index contributed by atoms with van der Waals surface area (Å²) in [4.78, 5) is 29.8. The molecule has 0 spiro atoms. The van der Waals surface area contributed by atoms with Crippen molar-refractivity contribution in [3.8, 4) is 28.6 Å². The van der Waals surface area contributed by atoms with Gasteiger partial charge in [0.25, 0.3) is 11.8 Å². The van der Waals surface area contributed by atoms with E-state index in [1.165, 1.54) is 20.3 Å². The Hall–Kier alpha value is -5.64. The van der Waals surface area contributed by atoms with Gasteiger partial charge in [0, 0.05) is 22.4 Å². The Morgan fingerprint density at radius 3 is 1.95 bits per heavy atom. The second kappa shape index (κ2) is 11.8. The number of benzene rings is 4. The van der Waals surface area contributed by atoms with Gasteiger partial charge in [-0.1, -0.05) is 48.5 Å². The van der Waals surface area contributed by atoms with Crippen LogP contribution in [0.25, 0.3) is 17.1 Å². The van der Waals surface area contributed by atoms with Crippen LogP contribution in [-0.2, 0) is 0 Å². The van der Waals surface area contributed by atoms with Crippen molar-refractivity contribution < 1.29 is 19.1 Å². The number of ether oxygens (including phenoxy) is 2. The number of carbonyl (C=O) groups is 2. The standard InChI is InChI=1S/C30H26N6O4/c1-39-25-18-15-22(19-26(25)40-2)29(38)34-33-28(37)21-13-16-23(17-14-21)31-30-32-27(20-9-5-3-6-10-20)36(35-30)24-11-7-4-8-12-24/h3-19H,1-2H3,(H,31,35)(H,33,37)(H,34,38). The molecule has 2 amide bonds. The molecular formula is C30H26N6O4. The van der Waals surface area contributed by atoms with Gasteiger partial charge in [-0.05, 0) is 54.6 Å². The zero-order valence-electron chi connectivity index (χ0n) is 21.8. The number of carbonyl (C=O) groups excluding carboxylic acids is 2. The van der Waals surface area contributed by atoms with Gasteiger partial charge in [0.2, 0.25) is 5.95 Å². The molecule has 4 aromatic carbocycles. The normalized spacial score (nSPS) is 10.4. The van der Waals surface area contributed by atoms with Crippen molar-refractivity contribution in [2.24, 2.45) is 0 Å². The number of anilines is 2. The summed E-state index contributed by atoms with van der Waals surface area (Å²) in [6.07, 6.45) is 0. The molecule has 0 fully saturated rings. The Labute approximate surface area is 230 Å². The Kier molecular flexibility index (Phi) is 7.68. The van der Waals surface area contributed by atoms with Gasteiger partial charge in [0.05, 0.1) is 19.9 Å². The monoisotopic (exact) mass is 534 g/mol. The number of aromatic nitrogens is 3. The maximum absolute atomic E-state index is 12.6. The molecule has 0 aliphatic rings. The third-order valence-corrected chi connectivity index (χ3v) is 5.98. The van der Waals surface area contributed by atoms with Gasteiger partial charge in [-0.2, -0.15) is 4.98 Å². The molecule has 3 N–H and O–H groups in total. The number of amides is 2. The van der Waals surface area contributed by atoms with E-state index in [-0.39, 0.29) is 0 Å². The summed E-state index contributed by atoms with van der Waals surface area (Å²) < 4.78 is 12.2. The van der Waals surface area contributed by atoms with Gasteiger partial charge < -0.3 is 14.8 Å². The molecule has 0 radical (unpaired) electrons. The van der Waals surface area contributed by atoms with E-state index in [1.54, 1.807) is 41.1 Å². The third-order valence-electron chi connectivity index (χ3n) is 5.98. The van der Waals surface area contributed by atoms with Gasteiger partial charge in [0.1, 0.15) is 0 Å². The maximum Gasteiger partial charge on any atom is 0.269 e. The molecule has 200 valence electrons. The van der Waals surface area contributed by atoms with Crippen molar-refractivity contribution in [1.29, 1.82) is 0 Å². The smallest absolute Gasteiger partial charge is 0.269 e. The molecule has 0 aliphatic heterocycles. The Morgan fingerprint density at radius 2 is 1.30 bits per heavy atom. The minimum Gasteiger partial charge on any atom is -0.493 e. The lowest BCUT2D eigenvalue weighted by atomic mass is 10.2. The van der Waals surface area contributed by atoms with E-state index in [0.29, 0.717) is 40.1 Å². The quantitative estimate of drug-likeness (QED) is 0.245. The van der Waals surface area contributed by atoms with Crippen LogP contribution in [-0.4, -0.2) is 40.8 Å². The second-order valence-corrected chi connectivity index (χ2v) is 8.55. The van der Waals surface area contributed by atoms with Gasteiger partial charge in [-0.3, -0.25) is 20.4 Å². The van der Waals surface area contributed by atoms with Crippen LogP contribution in [0, 0.1) is 0 Å². The molecule has 0 aliphatic carbocycles. The molecule has 1 heterocycles. The lowest BCUT2D eigenvalue weighted by Crippen LogP contribution is -2.41. The van der Waals surface area contributed by atoms with Crippen molar-refractivity contribution in [2.45, 2.75) is 0 Å². The van der Waals surface area contributed by atoms with Crippen LogP contribution in [0.15, 0.2) is 103 Å². The summed E-state index contributed by atoms with van der Waals surface area (Å²) in [5.74, 6) is 1.02. The highest BCUT2D eigenvalue weighted by Gasteiger charge is 2.15. The highest BCUT2D eigenvalue weighted by Crippen LogP contribution is 2.27. The average molecular weight is 535 g/mol. The summed E-state index contributed by atoms with van der Waals surface area (Å²) in [6.45, 7) is 0. The molecule has 10 nitrogen and oxygen atoms in total. The summed E-state index contributed by atoms with van der Waals surface area (Å²) in [7, 11) is 2.99. The molecule has 0 saturated carbocycles. The van der Waals surface area contributed by atoms with Crippen molar-refractivity contribution >= 4 is 23.5 Å². The number of para-hydroxylation sites is 1. The molecule has 1 aromatic heterocycles. The van der Waals surface area contributed by atoms with Gasteiger partial charge in [-0.15, -0.1) is 5.10 Å². The van der Waals surface area contributed by atoms with Crippen molar-refractivity contribution in [1.82, 2.24) is 25.6 Å². The van der Waals surface area contributed by atoms with Crippen LogP contribution >= 0.6 is 0 Å². The van der Waals surface area contributed by atoms with Crippen LogP contribution in [0.3, 0.4) is 0 Å². The highest BCUT2D eigenvalue weighted by atomic mass is 16.5. The third kappa shape index (κ3) is 5.76. The first-order chi connectivity index (χ1) is 19.6. The van der Waals surface area contributed by atoms with Crippen LogP contribution in [0.2, 0.25) is 0 Å². The van der Waals surface area contributed by atoms with E-state index in [2.05, 4.69) is 21.3 Å². The van der Waals surface area contributed by atoms with Crippen LogP contribution in [0.4, 0.5) is 11.6 Å². The number of nitrogens with zero attached hydrogens (tertiary/aromatic N) is 3. The van der Waals surface area contributed by atoms with E-state index in [1.807, 2.05) is 60.7 Å². The molecule has 0 saturated heterocycles. The fraction of sp³-hybridized carbons (Fsp3) is 0.0667. The van der Waals surface area contributed by atoms with E-state index in [9.17, 15) is 9.59 Å². The molecule has 5 aromatic rings. The van der Waals surface area contributed by atoms with E-state index >= 15 is 0 Å². The van der Waals surface area contributed by atoms with Gasteiger partial charge in [-0.25, -0.2) is 4.68 Å². The van der Waals surface area contributed by atoms with Crippen LogP contribution < -0.4 is 25.6 Å². The number of rotatable bonds is 8. The molecule has 0 unspecified atom stereocenters. The van der Waals surface area contributed by atoms with E-state index in [4.69, 9.17) is 14.5 Å². The fourth-order valence-corrected chi connectivity index (χ4v) is 3.96. The van der Waals surface area contributed by atoms with Crippen molar-refractivity contribution in [2.75, 3.05) is 19.5 Å². The predicted molar refractivity (Wildman–Crippen MR) is 151 cm³/mol. The molecule has 0 atom stereocenters. The zero-order chi connectivity index (χ0) is 27.9. The highest BCUT2D eigenvalue weighted by molar-refractivity contribution is 5.99. The number of hydrogen-bond acceptors (Lipinski definition) is 7. The summed E-state index contributed by atoms with van der Waals surface area (Å²) in [6, 6.07) is 31.0. The molecule has 10 heteroatoms. The van der Waals surface area contributed by atoms with Crippen molar-refractivity contribution in [3.05, 3.63) is 114 Å². The minimum atomic E-state index is -0.498. The molecular weight excluding hydrogens is 508 g/mol. The van der Waals surface area contributed by atoms with Gasteiger partial charge in [0.15, 0.2) is 17.3 Å². The Balaban J connectivity index is 1.26. The second-order valence-electron chi connectivity index (χ2n) is 8.55. The topological polar surface area (TPSA) is 119 Å². The van der Waals surface area contributed by atoms with Crippen molar-refractivity contribution in [3.63, 3.8) is 0 Å². The summed E-state index contributed by atoms with van der Waals surface area (Å²) in [5, 5.41) is 7.86. The Bertz CT molecular complexity index is 1560. The number of hydrogen-bond donors (Lipinski definition) is 3.